The normalized spacial score (nSPS) is 32.7. The molecule has 2 aliphatic carbocycles. The van der Waals surface area contributed by atoms with E-state index >= 15 is 0 Å². The second kappa shape index (κ2) is 4.84. The van der Waals surface area contributed by atoms with Crippen LogP contribution in [0.25, 0.3) is 0 Å². The molecule has 86 valence electrons. The van der Waals surface area contributed by atoms with Gasteiger partial charge in [0.05, 0.1) is 6.04 Å². The van der Waals surface area contributed by atoms with Gasteiger partial charge in [-0.2, -0.15) is 0 Å². The van der Waals surface area contributed by atoms with Crippen molar-refractivity contribution in [2.45, 2.75) is 50.6 Å². The zero-order valence-corrected chi connectivity index (χ0v) is 9.15. The van der Waals surface area contributed by atoms with E-state index in [2.05, 4.69) is 10.3 Å². The molecule has 2 saturated carbocycles. The van der Waals surface area contributed by atoms with Crippen molar-refractivity contribution < 1.29 is 5.11 Å². The van der Waals surface area contributed by atoms with Crippen LogP contribution in [0.3, 0.4) is 0 Å². The summed E-state index contributed by atoms with van der Waals surface area (Å²) in [5, 5.41) is 12.4. The van der Waals surface area contributed by atoms with Crippen LogP contribution in [0, 0.1) is 5.92 Å². The molecular formula is C11H21N3O. The number of hydrogen-bond donors (Lipinski definition) is 3. The van der Waals surface area contributed by atoms with Crippen molar-refractivity contribution in [2.24, 2.45) is 16.6 Å². The minimum absolute atomic E-state index is 0.231. The summed E-state index contributed by atoms with van der Waals surface area (Å²) < 4.78 is 0. The van der Waals surface area contributed by atoms with E-state index < -0.39 is 0 Å². The first-order valence-corrected chi connectivity index (χ1v) is 6.00. The highest BCUT2D eigenvalue weighted by molar-refractivity contribution is 5.78. The molecule has 0 saturated heterocycles. The smallest absolute Gasteiger partial charge is 0.189 e. The van der Waals surface area contributed by atoms with Gasteiger partial charge in [0.15, 0.2) is 5.96 Å². The molecule has 0 heterocycles. The molecule has 2 fully saturated rings. The van der Waals surface area contributed by atoms with Crippen LogP contribution in [-0.2, 0) is 0 Å². The number of nitrogens with one attached hydrogen (secondary N) is 1. The summed E-state index contributed by atoms with van der Waals surface area (Å²) in [6.07, 6.45) is 7.00. The SMILES string of the molecule is NC(=NC1CCCCC1CO)NC1CC1. The Morgan fingerprint density at radius 1 is 1.27 bits per heavy atom. The molecule has 2 atom stereocenters. The summed E-state index contributed by atoms with van der Waals surface area (Å²) in [5.41, 5.74) is 5.82. The fourth-order valence-electron chi connectivity index (χ4n) is 2.22. The molecule has 0 bridgehead atoms. The van der Waals surface area contributed by atoms with Gasteiger partial charge in [-0.05, 0) is 25.7 Å². The second-order valence-corrected chi connectivity index (χ2v) is 4.73. The van der Waals surface area contributed by atoms with Crippen molar-refractivity contribution in [2.75, 3.05) is 6.61 Å². The molecular weight excluding hydrogens is 190 g/mol. The van der Waals surface area contributed by atoms with E-state index in [1.54, 1.807) is 0 Å². The van der Waals surface area contributed by atoms with E-state index in [0.29, 0.717) is 17.9 Å². The molecule has 0 aliphatic heterocycles. The number of aliphatic imine (C=N–C) groups is 1. The summed E-state index contributed by atoms with van der Waals surface area (Å²) in [6, 6.07) is 0.792. The molecule has 2 aliphatic rings. The summed E-state index contributed by atoms with van der Waals surface area (Å²) in [6.45, 7) is 0.241. The van der Waals surface area contributed by atoms with Crippen molar-refractivity contribution in [3.8, 4) is 0 Å². The molecule has 2 rings (SSSR count). The van der Waals surface area contributed by atoms with Gasteiger partial charge in [-0.1, -0.05) is 12.8 Å². The van der Waals surface area contributed by atoms with E-state index in [-0.39, 0.29) is 12.6 Å². The maximum atomic E-state index is 9.24. The molecule has 0 aromatic carbocycles. The number of guanidine groups is 1. The van der Waals surface area contributed by atoms with Gasteiger partial charge >= 0.3 is 0 Å². The number of nitrogens with two attached hydrogens (primary N) is 1. The standard InChI is InChI=1S/C11H21N3O/c12-11(13-9-5-6-9)14-10-4-2-1-3-8(10)7-15/h8-10,15H,1-7H2,(H3,12,13,14). The Kier molecular flexibility index (Phi) is 3.46. The third-order valence-electron chi connectivity index (χ3n) is 3.34. The van der Waals surface area contributed by atoms with Crippen LogP contribution in [0.2, 0.25) is 0 Å². The van der Waals surface area contributed by atoms with E-state index in [4.69, 9.17) is 5.73 Å². The van der Waals surface area contributed by atoms with Crippen molar-refractivity contribution in [1.82, 2.24) is 5.32 Å². The Morgan fingerprint density at radius 3 is 2.67 bits per heavy atom. The van der Waals surface area contributed by atoms with Gasteiger partial charge in [0, 0.05) is 18.6 Å². The molecule has 0 aromatic heterocycles. The van der Waals surface area contributed by atoms with Crippen LogP contribution < -0.4 is 11.1 Å². The second-order valence-electron chi connectivity index (χ2n) is 4.73. The number of aliphatic hydroxyl groups is 1. The summed E-state index contributed by atoms with van der Waals surface area (Å²) in [4.78, 5) is 4.49. The third-order valence-corrected chi connectivity index (χ3v) is 3.34. The molecule has 0 radical (unpaired) electrons. The quantitative estimate of drug-likeness (QED) is 0.473. The highest BCUT2D eigenvalue weighted by Gasteiger charge is 2.25. The van der Waals surface area contributed by atoms with E-state index in [1.165, 1.54) is 25.7 Å². The van der Waals surface area contributed by atoms with Crippen LogP contribution in [0.1, 0.15) is 38.5 Å². The lowest BCUT2D eigenvalue weighted by atomic mass is 9.85. The van der Waals surface area contributed by atoms with Crippen LogP contribution >= 0.6 is 0 Å². The molecule has 15 heavy (non-hydrogen) atoms. The van der Waals surface area contributed by atoms with Gasteiger partial charge < -0.3 is 16.2 Å². The van der Waals surface area contributed by atoms with Gasteiger partial charge in [0.25, 0.3) is 0 Å². The van der Waals surface area contributed by atoms with Crippen molar-refractivity contribution >= 4 is 5.96 Å². The largest absolute Gasteiger partial charge is 0.396 e. The van der Waals surface area contributed by atoms with Crippen LogP contribution in [0.4, 0.5) is 0 Å². The van der Waals surface area contributed by atoms with Gasteiger partial charge in [-0.3, -0.25) is 0 Å². The Balaban J connectivity index is 1.88. The predicted octanol–water partition coefficient (Wildman–Crippen LogP) is 0.604. The highest BCUT2D eigenvalue weighted by atomic mass is 16.3. The number of rotatable bonds is 3. The van der Waals surface area contributed by atoms with Crippen molar-refractivity contribution in [1.29, 1.82) is 0 Å². The highest BCUT2D eigenvalue weighted by Crippen LogP contribution is 2.26. The summed E-state index contributed by atoms with van der Waals surface area (Å²) in [7, 11) is 0. The van der Waals surface area contributed by atoms with Crippen LogP contribution in [0.5, 0.6) is 0 Å². The first-order chi connectivity index (χ1) is 7.29. The Labute approximate surface area is 91.0 Å². The lowest BCUT2D eigenvalue weighted by Crippen LogP contribution is -2.37. The fourth-order valence-corrected chi connectivity index (χ4v) is 2.22. The Bertz CT molecular complexity index is 238. The molecule has 0 amide bonds. The fraction of sp³-hybridized carbons (Fsp3) is 0.909. The zero-order valence-electron chi connectivity index (χ0n) is 9.15. The molecule has 0 spiro atoms. The molecule has 4 heteroatoms. The minimum atomic E-state index is 0.231. The minimum Gasteiger partial charge on any atom is -0.396 e. The van der Waals surface area contributed by atoms with Gasteiger partial charge in [-0.25, -0.2) is 4.99 Å². The maximum Gasteiger partial charge on any atom is 0.189 e. The lowest BCUT2D eigenvalue weighted by molar-refractivity contribution is 0.171. The number of nitrogens with zero attached hydrogens (tertiary/aromatic N) is 1. The molecule has 4 nitrogen and oxygen atoms in total. The van der Waals surface area contributed by atoms with Gasteiger partial charge in [0.1, 0.15) is 0 Å². The first kappa shape index (κ1) is 10.7. The van der Waals surface area contributed by atoms with Gasteiger partial charge in [0.2, 0.25) is 0 Å². The molecule has 4 N–H and O–H groups in total. The predicted molar refractivity (Wildman–Crippen MR) is 60.6 cm³/mol. The number of hydrogen-bond acceptors (Lipinski definition) is 2. The van der Waals surface area contributed by atoms with E-state index in [0.717, 1.165) is 12.8 Å². The van der Waals surface area contributed by atoms with Crippen LogP contribution in [-0.4, -0.2) is 29.8 Å². The zero-order chi connectivity index (χ0) is 10.7. The van der Waals surface area contributed by atoms with Crippen molar-refractivity contribution in [3.63, 3.8) is 0 Å². The number of aliphatic hydroxyl groups excluding tert-OH is 1. The summed E-state index contributed by atoms with van der Waals surface area (Å²) in [5.74, 6) is 0.890. The molecule has 2 unspecified atom stereocenters. The topological polar surface area (TPSA) is 70.6 Å². The van der Waals surface area contributed by atoms with Crippen LogP contribution in [0.15, 0.2) is 4.99 Å². The molecule has 0 aromatic rings. The van der Waals surface area contributed by atoms with E-state index in [1.807, 2.05) is 0 Å². The van der Waals surface area contributed by atoms with Crippen molar-refractivity contribution in [3.05, 3.63) is 0 Å². The average molecular weight is 211 g/mol. The van der Waals surface area contributed by atoms with Gasteiger partial charge in [-0.15, -0.1) is 0 Å². The Hall–Kier alpha value is -0.770. The Morgan fingerprint density at radius 2 is 2.00 bits per heavy atom. The maximum absolute atomic E-state index is 9.24. The third kappa shape index (κ3) is 3.09. The first-order valence-electron chi connectivity index (χ1n) is 6.00. The summed E-state index contributed by atoms with van der Waals surface area (Å²) >= 11 is 0. The monoisotopic (exact) mass is 211 g/mol. The average Bonchev–Trinajstić information content (AvgIpc) is 3.02. The lowest BCUT2D eigenvalue weighted by Gasteiger charge is -2.27. The van der Waals surface area contributed by atoms with E-state index in [9.17, 15) is 5.11 Å².